The number of aromatic nitrogens is 2. The minimum Gasteiger partial charge on any atom is -0.482 e. The molecule has 102 valence electrons. The molecular weight excluding hydrogens is 249 g/mol. The highest BCUT2D eigenvalue weighted by atomic mass is 19.1. The Morgan fingerprint density at radius 2 is 2.26 bits per heavy atom. The summed E-state index contributed by atoms with van der Waals surface area (Å²) in [6.45, 7) is 3.77. The summed E-state index contributed by atoms with van der Waals surface area (Å²) in [5.74, 6) is 0.625. The molecule has 0 amide bonds. The number of nitrogens with two attached hydrogens (primary N) is 1. The van der Waals surface area contributed by atoms with Gasteiger partial charge in [0.2, 0.25) is 11.7 Å². The molecule has 1 atom stereocenters. The zero-order chi connectivity index (χ0) is 13.8. The van der Waals surface area contributed by atoms with Crippen molar-refractivity contribution in [2.45, 2.75) is 32.9 Å². The van der Waals surface area contributed by atoms with Gasteiger partial charge < -0.3 is 15.0 Å². The second-order valence-electron chi connectivity index (χ2n) is 4.23. The highest BCUT2D eigenvalue weighted by molar-refractivity contribution is 5.30. The third-order valence-electron chi connectivity index (χ3n) is 2.65. The van der Waals surface area contributed by atoms with Crippen LogP contribution in [0.5, 0.6) is 5.75 Å². The zero-order valence-corrected chi connectivity index (χ0v) is 10.9. The second-order valence-corrected chi connectivity index (χ2v) is 4.23. The molecule has 0 saturated carbocycles. The lowest BCUT2D eigenvalue weighted by Gasteiger charge is -2.09. The summed E-state index contributed by atoms with van der Waals surface area (Å²) in [5, 5.41) is 3.72. The lowest BCUT2D eigenvalue weighted by molar-refractivity contribution is 0.272. The summed E-state index contributed by atoms with van der Waals surface area (Å²) < 4.78 is 24.0. The van der Waals surface area contributed by atoms with E-state index in [1.54, 1.807) is 19.1 Å². The van der Waals surface area contributed by atoms with E-state index in [-0.39, 0.29) is 18.4 Å². The van der Waals surface area contributed by atoms with Crippen molar-refractivity contribution in [3.8, 4) is 5.75 Å². The SMILES string of the molecule is CCc1nc(COc2ccc([C@H](C)N)cc2F)no1. The molecule has 1 aromatic heterocycles. The van der Waals surface area contributed by atoms with Gasteiger partial charge >= 0.3 is 0 Å². The van der Waals surface area contributed by atoms with Gasteiger partial charge in [-0.1, -0.05) is 18.1 Å². The Morgan fingerprint density at radius 1 is 1.47 bits per heavy atom. The fourth-order valence-electron chi connectivity index (χ4n) is 1.55. The minimum absolute atomic E-state index is 0.0674. The van der Waals surface area contributed by atoms with Gasteiger partial charge in [-0.3, -0.25) is 0 Å². The molecule has 0 saturated heterocycles. The Labute approximate surface area is 110 Å². The highest BCUT2D eigenvalue weighted by Crippen LogP contribution is 2.21. The van der Waals surface area contributed by atoms with Crippen LogP contribution in [0.1, 0.15) is 37.2 Å². The fourth-order valence-corrected chi connectivity index (χ4v) is 1.55. The Bertz CT molecular complexity index is 555. The van der Waals surface area contributed by atoms with E-state index in [2.05, 4.69) is 10.1 Å². The Morgan fingerprint density at radius 3 is 2.84 bits per heavy atom. The van der Waals surface area contributed by atoms with Crippen LogP contribution in [0.4, 0.5) is 4.39 Å². The number of aryl methyl sites for hydroxylation is 1. The van der Waals surface area contributed by atoms with Gasteiger partial charge in [-0.05, 0) is 24.6 Å². The summed E-state index contributed by atoms with van der Waals surface area (Å²) in [6, 6.07) is 4.44. The summed E-state index contributed by atoms with van der Waals surface area (Å²) >= 11 is 0. The number of halogens is 1. The zero-order valence-electron chi connectivity index (χ0n) is 10.9. The van der Waals surface area contributed by atoms with E-state index in [1.165, 1.54) is 6.07 Å². The van der Waals surface area contributed by atoms with Gasteiger partial charge in [0, 0.05) is 12.5 Å². The van der Waals surface area contributed by atoms with Crippen molar-refractivity contribution >= 4 is 0 Å². The lowest BCUT2D eigenvalue weighted by atomic mass is 10.1. The van der Waals surface area contributed by atoms with Gasteiger partial charge in [0.15, 0.2) is 18.2 Å². The van der Waals surface area contributed by atoms with E-state index in [0.717, 1.165) is 5.56 Å². The molecule has 5 nitrogen and oxygen atoms in total. The molecule has 0 aliphatic rings. The molecule has 1 aromatic carbocycles. The molecule has 0 aliphatic heterocycles. The molecule has 2 rings (SSSR count). The van der Waals surface area contributed by atoms with Crippen LogP contribution >= 0.6 is 0 Å². The van der Waals surface area contributed by atoms with Crippen molar-refractivity contribution in [2.75, 3.05) is 0 Å². The maximum absolute atomic E-state index is 13.7. The normalized spacial score (nSPS) is 12.4. The molecule has 0 bridgehead atoms. The first-order chi connectivity index (χ1) is 9.10. The molecule has 0 aliphatic carbocycles. The maximum atomic E-state index is 13.7. The van der Waals surface area contributed by atoms with Crippen LogP contribution in [0.25, 0.3) is 0 Å². The molecule has 6 heteroatoms. The van der Waals surface area contributed by atoms with Crippen molar-refractivity contribution in [3.63, 3.8) is 0 Å². The van der Waals surface area contributed by atoms with Crippen LogP contribution in [0.2, 0.25) is 0 Å². The third kappa shape index (κ3) is 3.29. The van der Waals surface area contributed by atoms with Crippen molar-refractivity contribution < 1.29 is 13.7 Å². The predicted molar refractivity (Wildman–Crippen MR) is 67.0 cm³/mol. The second kappa shape index (κ2) is 5.79. The number of hydrogen-bond donors (Lipinski definition) is 1. The summed E-state index contributed by atoms with van der Waals surface area (Å²) in [4.78, 5) is 4.07. The summed E-state index contributed by atoms with van der Waals surface area (Å²) in [5.41, 5.74) is 6.40. The van der Waals surface area contributed by atoms with E-state index < -0.39 is 5.82 Å². The topological polar surface area (TPSA) is 74.2 Å². The van der Waals surface area contributed by atoms with E-state index >= 15 is 0 Å². The van der Waals surface area contributed by atoms with E-state index in [1.807, 2.05) is 6.92 Å². The molecule has 1 heterocycles. The minimum atomic E-state index is -0.450. The fraction of sp³-hybridized carbons (Fsp3) is 0.385. The van der Waals surface area contributed by atoms with Crippen LogP contribution in [-0.2, 0) is 13.0 Å². The third-order valence-corrected chi connectivity index (χ3v) is 2.65. The monoisotopic (exact) mass is 265 g/mol. The highest BCUT2D eigenvalue weighted by Gasteiger charge is 2.10. The van der Waals surface area contributed by atoms with Crippen molar-refractivity contribution in [2.24, 2.45) is 5.73 Å². The van der Waals surface area contributed by atoms with Crippen molar-refractivity contribution in [3.05, 3.63) is 41.3 Å². The molecule has 2 aromatic rings. The Kier molecular flexibility index (Phi) is 4.11. The van der Waals surface area contributed by atoms with Gasteiger partial charge in [-0.25, -0.2) is 4.39 Å². The molecule has 0 fully saturated rings. The van der Waals surface area contributed by atoms with Crippen LogP contribution < -0.4 is 10.5 Å². The molecule has 19 heavy (non-hydrogen) atoms. The van der Waals surface area contributed by atoms with Gasteiger partial charge in [0.1, 0.15) is 0 Å². The number of benzene rings is 1. The number of rotatable bonds is 5. The first-order valence-corrected chi connectivity index (χ1v) is 6.09. The molecular formula is C13H16FN3O2. The molecule has 0 unspecified atom stereocenters. The van der Waals surface area contributed by atoms with Gasteiger partial charge in [0.05, 0.1) is 0 Å². The molecule has 2 N–H and O–H groups in total. The van der Waals surface area contributed by atoms with Crippen LogP contribution in [0.3, 0.4) is 0 Å². The van der Waals surface area contributed by atoms with Crippen LogP contribution in [0.15, 0.2) is 22.7 Å². The average Bonchev–Trinajstić information content (AvgIpc) is 2.85. The van der Waals surface area contributed by atoms with E-state index in [0.29, 0.717) is 18.1 Å². The van der Waals surface area contributed by atoms with Crippen molar-refractivity contribution in [1.82, 2.24) is 10.1 Å². The number of ether oxygens (including phenoxy) is 1. The lowest BCUT2D eigenvalue weighted by Crippen LogP contribution is -2.06. The quantitative estimate of drug-likeness (QED) is 0.898. The number of hydrogen-bond acceptors (Lipinski definition) is 5. The Balaban J connectivity index is 2.03. The standard InChI is InChI=1S/C13H16FN3O2/c1-3-13-16-12(17-19-13)7-18-11-5-4-9(8(2)15)6-10(11)14/h4-6,8H,3,7,15H2,1-2H3/t8-/m0/s1. The summed E-state index contributed by atoms with van der Waals surface area (Å²) in [6.07, 6.45) is 0.657. The van der Waals surface area contributed by atoms with Crippen LogP contribution in [-0.4, -0.2) is 10.1 Å². The average molecular weight is 265 g/mol. The first kappa shape index (κ1) is 13.5. The van der Waals surface area contributed by atoms with E-state index in [4.69, 9.17) is 15.0 Å². The largest absolute Gasteiger partial charge is 0.482 e. The van der Waals surface area contributed by atoms with Crippen molar-refractivity contribution in [1.29, 1.82) is 0 Å². The predicted octanol–water partition coefficient (Wildman–Crippen LogP) is 2.37. The summed E-state index contributed by atoms with van der Waals surface area (Å²) in [7, 11) is 0. The van der Waals surface area contributed by atoms with Gasteiger partial charge in [-0.2, -0.15) is 4.98 Å². The van der Waals surface area contributed by atoms with Gasteiger partial charge in [-0.15, -0.1) is 0 Å². The smallest absolute Gasteiger partial charge is 0.226 e. The molecule has 0 radical (unpaired) electrons. The van der Waals surface area contributed by atoms with Gasteiger partial charge in [0.25, 0.3) is 0 Å². The van der Waals surface area contributed by atoms with Crippen LogP contribution in [0, 0.1) is 5.82 Å². The maximum Gasteiger partial charge on any atom is 0.226 e. The van der Waals surface area contributed by atoms with E-state index in [9.17, 15) is 4.39 Å². The molecule has 0 spiro atoms. The number of nitrogens with zero attached hydrogens (tertiary/aromatic N) is 2. The Hall–Kier alpha value is -1.95. The first-order valence-electron chi connectivity index (χ1n) is 6.09.